The molecular weight excluding hydrogens is 434 g/mol. The predicted octanol–water partition coefficient (Wildman–Crippen LogP) is 5.21. The Balaban J connectivity index is 1.82. The lowest BCUT2D eigenvalue weighted by molar-refractivity contribution is 0.102. The summed E-state index contributed by atoms with van der Waals surface area (Å²) in [5.41, 5.74) is 1.57. The number of hydrogen-bond acceptors (Lipinski definition) is 6. The first-order valence-corrected chi connectivity index (χ1v) is 10.0. The highest BCUT2D eigenvalue weighted by molar-refractivity contribution is 6.32. The van der Waals surface area contributed by atoms with Crippen molar-refractivity contribution < 1.29 is 28.5 Å². The molecule has 32 heavy (non-hydrogen) atoms. The van der Waals surface area contributed by atoms with E-state index in [1.54, 1.807) is 50.6 Å². The van der Waals surface area contributed by atoms with Gasteiger partial charge < -0.3 is 29.0 Å². The Morgan fingerprint density at radius 3 is 2.22 bits per heavy atom. The van der Waals surface area contributed by atoms with Gasteiger partial charge in [0.2, 0.25) is 0 Å². The third kappa shape index (κ3) is 5.36. The topological polar surface area (TPSA) is 75.3 Å². The first-order valence-electron chi connectivity index (χ1n) is 9.65. The number of amides is 1. The van der Waals surface area contributed by atoms with Gasteiger partial charge in [0.1, 0.15) is 35.4 Å². The Hall–Kier alpha value is -3.58. The molecule has 0 saturated heterocycles. The molecule has 0 radical (unpaired) electrons. The third-order valence-electron chi connectivity index (χ3n) is 4.70. The number of methoxy groups -OCH3 is 4. The normalized spacial score (nSPS) is 10.3. The number of nitrogens with one attached hydrogen (secondary N) is 1. The molecule has 0 fully saturated rings. The van der Waals surface area contributed by atoms with E-state index in [-0.39, 0.29) is 12.5 Å². The summed E-state index contributed by atoms with van der Waals surface area (Å²) in [5, 5.41) is 3.21. The van der Waals surface area contributed by atoms with Crippen molar-refractivity contribution in [1.29, 1.82) is 0 Å². The van der Waals surface area contributed by atoms with E-state index in [9.17, 15) is 4.79 Å². The molecule has 0 aliphatic carbocycles. The number of halogens is 1. The van der Waals surface area contributed by atoms with Crippen LogP contribution in [-0.4, -0.2) is 34.3 Å². The molecule has 3 aromatic rings. The van der Waals surface area contributed by atoms with Crippen molar-refractivity contribution in [2.45, 2.75) is 6.61 Å². The number of rotatable bonds is 9. The molecule has 0 spiro atoms. The van der Waals surface area contributed by atoms with Gasteiger partial charge in [-0.25, -0.2) is 0 Å². The molecular formula is C24H24ClNO6. The minimum atomic E-state index is -0.335. The molecule has 0 heterocycles. The SMILES string of the molecule is COc1cccc(OCc2cc(C(=O)Nc3cc(OC)c(Cl)cc3OC)ccc2OC)c1. The second-order valence-electron chi connectivity index (χ2n) is 6.64. The van der Waals surface area contributed by atoms with Crippen LogP contribution in [0.1, 0.15) is 15.9 Å². The number of benzene rings is 3. The Labute approximate surface area is 191 Å². The summed E-state index contributed by atoms with van der Waals surface area (Å²) in [6.45, 7) is 0.204. The molecule has 7 nitrogen and oxygen atoms in total. The monoisotopic (exact) mass is 457 g/mol. The summed E-state index contributed by atoms with van der Waals surface area (Å²) in [7, 11) is 6.15. The van der Waals surface area contributed by atoms with Crippen LogP contribution in [0.5, 0.6) is 28.7 Å². The molecule has 168 valence electrons. The first kappa shape index (κ1) is 23.1. The van der Waals surface area contributed by atoms with Gasteiger partial charge in [-0.1, -0.05) is 17.7 Å². The Morgan fingerprint density at radius 1 is 0.812 bits per heavy atom. The standard InChI is InChI=1S/C24H24ClNO6/c1-28-17-6-5-7-18(11-17)32-14-16-10-15(8-9-21(16)29-2)24(27)26-20-13-22(30-3)19(25)12-23(20)31-4/h5-13H,14H2,1-4H3,(H,26,27). The van der Waals surface area contributed by atoms with Gasteiger partial charge in [0.05, 0.1) is 39.1 Å². The van der Waals surface area contributed by atoms with Crippen molar-refractivity contribution >= 4 is 23.2 Å². The first-order chi connectivity index (χ1) is 15.5. The van der Waals surface area contributed by atoms with Crippen molar-refractivity contribution in [3.05, 3.63) is 70.7 Å². The smallest absolute Gasteiger partial charge is 0.255 e. The maximum absolute atomic E-state index is 12.9. The molecule has 0 bridgehead atoms. The predicted molar refractivity (Wildman–Crippen MR) is 123 cm³/mol. The van der Waals surface area contributed by atoms with E-state index in [4.69, 9.17) is 35.3 Å². The number of ether oxygens (including phenoxy) is 5. The van der Waals surface area contributed by atoms with Crippen LogP contribution in [0.15, 0.2) is 54.6 Å². The highest BCUT2D eigenvalue weighted by atomic mass is 35.5. The molecule has 1 N–H and O–H groups in total. The molecule has 0 aromatic heterocycles. The van der Waals surface area contributed by atoms with E-state index in [0.29, 0.717) is 50.6 Å². The Kier molecular flexibility index (Phi) is 7.68. The number of hydrogen-bond donors (Lipinski definition) is 1. The summed E-state index contributed by atoms with van der Waals surface area (Å²) in [4.78, 5) is 12.9. The van der Waals surface area contributed by atoms with Crippen LogP contribution in [0.2, 0.25) is 5.02 Å². The highest BCUT2D eigenvalue weighted by Gasteiger charge is 2.16. The van der Waals surface area contributed by atoms with Crippen molar-refractivity contribution in [2.75, 3.05) is 33.8 Å². The van der Waals surface area contributed by atoms with Gasteiger partial charge in [-0.05, 0) is 30.3 Å². The summed E-state index contributed by atoms with van der Waals surface area (Å²) in [5.74, 6) is 2.44. The minimum Gasteiger partial charge on any atom is -0.497 e. The molecule has 8 heteroatoms. The lowest BCUT2D eigenvalue weighted by Gasteiger charge is -2.15. The lowest BCUT2D eigenvalue weighted by Crippen LogP contribution is -2.14. The summed E-state index contributed by atoms with van der Waals surface area (Å²) in [6, 6.07) is 15.6. The molecule has 0 unspecified atom stereocenters. The van der Waals surface area contributed by atoms with Gasteiger partial charge >= 0.3 is 0 Å². The molecule has 1 amide bonds. The summed E-state index contributed by atoms with van der Waals surface area (Å²) >= 11 is 6.14. The van der Waals surface area contributed by atoms with Crippen LogP contribution in [0, 0.1) is 0 Å². The Bertz CT molecular complexity index is 1100. The number of anilines is 1. The van der Waals surface area contributed by atoms with E-state index in [1.807, 2.05) is 18.2 Å². The highest BCUT2D eigenvalue weighted by Crippen LogP contribution is 2.36. The maximum atomic E-state index is 12.9. The van der Waals surface area contributed by atoms with Gasteiger partial charge in [0, 0.05) is 29.3 Å². The van der Waals surface area contributed by atoms with Crippen LogP contribution in [0.25, 0.3) is 0 Å². The van der Waals surface area contributed by atoms with E-state index in [0.717, 1.165) is 0 Å². The van der Waals surface area contributed by atoms with Crippen molar-refractivity contribution in [3.8, 4) is 28.7 Å². The van der Waals surface area contributed by atoms with Crippen LogP contribution in [0.3, 0.4) is 0 Å². The fraction of sp³-hybridized carbons (Fsp3) is 0.208. The van der Waals surface area contributed by atoms with Crippen LogP contribution in [-0.2, 0) is 6.61 Å². The average Bonchev–Trinajstić information content (AvgIpc) is 2.83. The van der Waals surface area contributed by atoms with Crippen molar-refractivity contribution in [1.82, 2.24) is 0 Å². The van der Waals surface area contributed by atoms with Crippen molar-refractivity contribution in [2.24, 2.45) is 0 Å². The molecule has 3 rings (SSSR count). The summed E-state index contributed by atoms with van der Waals surface area (Å²) in [6.07, 6.45) is 0. The van der Waals surface area contributed by atoms with E-state index >= 15 is 0 Å². The average molecular weight is 458 g/mol. The molecule has 3 aromatic carbocycles. The van der Waals surface area contributed by atoms with Crippen LogP contribution >= 0.6 is 11.6 Å². The van der Waals surface area contributed by atoms with Gasteiger partial charge in [0.15, 0.2) is 0 Å². The van der Waals surface area contributed by atoms with Crippen LogP contribution in [0.4, 0.5) is 5.69 Å². The zero-order chi connectivity index (χ0) is 23.1. The lowest BCUT2D eigenvalue weighted by atomic mass is 10.1. The van der Waals surface area contributed by atoms with E-state index in [2.05, 4.69) is 5.32 Å². The molecule has 0 saturated carbocycles. The fourth-order valence-corrected chi connectivity index (χ4v) is 3.27. The maximum Gasteiger partial charge on any atom is 0.255 e. The second-order valence-corrected chi connectivity index (χ2v) is 7.04. The van der Waals surface area contributed by atoms with Crippen LogP contribution < -0.4 is 29.0 Å². The molecule has 0 atom stereocenters. The fourth-order valence-electron chi connectivity index (χ4n) is 3.04. The number of carbonyl (C=O) groups is 1. The van der Waals surface area contributed by atoms with Gasteiger partial charge in [-0.15, -0.1) is 0 Å². The second kappa shape index (κ2) is 10.6. The Morgan fingerprint density at radius 2 is 1.53 bits per heavy atom. The summed E-state index contributed by atoms with van der Waals surface area (Å²) < 4.78 is 27.1. The quantitative estimate of drug-likeness (QED) is 0.475. The van der Waals surface area contributed by atoms with Gasteiger partial charge in [0.25, 0.3) is 5.91 Å². The largest absolute Gasteiger partial charge is 0.497 e. The number of carbonyl (C=O) groups excluding carboxylic acids is 1. The minimum absolute atomic E-state index is 0.204. The van der Waals surface area contributed by atoms with Gasteiger partial charge in [-0.2, -0.15) is 0 Å². The zero-order valence-electron chi connectivity index (χ0n) is 18.2. The zero-order valence-corrected chi connectivity index (χ0v) is 19.0. The van der Waals surface area contributed by atoms with Gasteiger partial charge in [-0.3, -0.25) is 4.79 Å². The third-order valence-corrected chi connectivity index (χ3v) is 5.00. The molecule has 0 aliphatic heterocycles. The van der Waals surface area contributed by atoms with Crippen molar-refractivity contribution in [3.63, 3.8) is 0 Å². The van der Waals surface area contributed by atoms with E-state index < -0.39 is 0 Å². The molecule has 0 aliphatic rings. The van der Waals surface area contributed by atoms with E-state index in [1.165, 1.54) is 14.2 Å².